The average Bonchev–Trinajstić information content (AvgIpc) is 2.35. The van der Waals surface area contributed by atoms with Crippen molar-refractivity contribution in [2.75, 3.05) is 25.0 Å². The van der Waals surface area contributed by atoms with E-state index in [1.165, 1.54) is 0 Å². The number of anilines is 1. The Morgan fingerprint density at radius 1 is 1.62 bits per heavy atom. The second-order valence-corrected chi connectivity index (χ2v) is 3.44. The quantitative estimate of drug-likeness (QED) is 0.669. The fourth-order valence-electron chi connectivity index (χ4n) is 1.52. The van der Waals surface area contributed by atoms with E-state index in [0.29, 0.717) is 12.1 Å². The van der Waals surface area contributed by atoms with Crippen molar-refractivity contribution in [3.05, 3.63) is 29.6 Å². The zero-order chi connectivity index (χ0) is 11.4. The van der Waals surface area contributed by atoms with Gasteiger partial charge in [-0.05, 0) is 18.2 Å². The molecule has 2 rings (SSSR count). The molecule has 16 heavy (non-hydrogen) atoms. The summed E-state index contributed by atoms with van der Waals surface area (Å²) in [6.45, 7) is 0.697. The number of hydrogen-bond acceptors (Lipinski definition) is 4. The van der Waals surface area contributed by atoms with Crippen LogP contribution in [0.3, 0.4) is 0 Å². The number of rotatable bonds is 3. The molecule has 0 aromatic carbocycles. The molecule has 1 amide bonds. The fourth-order valence-corrected chi connectivity index (χ4v) is 1.52. The first kappa shape index (κ1) is 10.6. The monoisotopic (exact) mass is 219 g/mol. The minimum Gasteiger partial charge on any atom is -0.395 e. The number of aliphatic hydroxyl groups excluding tert-OH is 1. The van der Waals surface area contributed by atoms with Crippen LogP contribution in [-0.4, -0.2) is 35.7 Å². The van der Waals surface area contributed by atoms with Gasteiger partial charge in [0, 0.05) is 24.9 Å². The Morgan fingerprint density at radius 2 is 2.50 bits per heavy atom. The van der Waals surface area contributed by atoms with Crippen LogP contribution < -0.4 is 10.6 Å². The minimum atomic E-state index is -0.169. The van der Waals surface area contributed by atoms with Crippen molar-refractivity contribution in [3.8, 4) is 0 Å². The Kier molecular flexibility index (Phi) is 3.16. The number of amides is 1. The molecule has 84 valence electrons. The molecule has 1 aliphatic rings. The summed E-state index contributed by atoms with van der Waals surface area (Å²) < 4.78 is 0. The van der Waals surface area contributed by atoms with E-state index in [1.54, 1.807) is 12.3 Å². The summed E-state index contributed by atoms with van der Waals surface area (Å²) in [6.07, 6.45) is 3.45. The van der Waals surface area contributed by atoms with E-state index >= 15 is 0 Å². The second kappa shape index (κ2) is 4.76. The molecule has 5 heteroatoms. The SMILES string of the molecule is O=C(NCCO)C1=Cc2ncccc2NC1. The Labute approximate surface area is 93.2 Å². The molecule has 0 spiro atoms. The number of carbonyl (C=O) groups excluding carboxylic acids is 1. The van der Waals surface area contributed by atoms with Gasteiger partial charge in [0.15, 0.2) is 0 Å². The first-order valence-corrected chi connectivity index (χ1v) is 5.10. The number of aliphatic hydroxyl groups is 1. The van der Waals surface area contributed by atoms with Crippen molar-refractivity contribution in [3.63, 3.8) is 0 Å². The third kappa shape index (κ3) is 2.20. The van der Waals surface area contributed by atoms with Gasteiger partial charge in [-0.15, -0.1) is 0 Å². The molecule has 0 bridgehead atoms. The number of carbonyl (C=O) groups is 1. The third-order valence-corrected chi connectivity index (χ3v) is 2.31. The van der Waals surface area contributed by atoms with Gasteiger partial charge < -0.3 is 15.7 Å². The molecule has 1 aromatic heterocycles. The summed E-state index contributed by atoms with van der Waals surface area (Å²) in [5, 5.41) is 14.3. The van der Waals surface area contributed by atoms with Gasteiger partial charge in [0.2, 0.25) is 5.91 Å². The molecule has 1 aromatic rings. The van der Waals surface area contributed by atoms with E-state index in [0.717, 1.165) is 11.4 Å². The van der Waals surface area contributed by atoms with Gasteiger partial charge in [0.05, 0.1) is 18.0 Å². The molecule has 0 radical (unpaired) electrons. The summed E-state index contributed by atoms with van der Waals surface area (Å²) in [7, 11) is 0. The lowest BCUT2D eigenvalue weighted by molar-refractivity contribution is -0.117. The first-order chi connectivity index (χ1) is 7.81. The molecular formula is C11H13N3O2. The van der Waals surface area contributed by atoms with Gasteiger partial charge in [-0.3, -0.25) is 9.78 Å². The zero-order valence-electron chi connectivity index (χ0n) is 8.73. The van der Waals surface area contributed by atoms with Crippen molar-refractivity contribution in [1.82, 2.24) is 10.3 Å². The minimum absolute atomic E-state index is 0.0543. The maximum absolute atomic E-state index is 11.6. The highest BCUT2D eigenvalue weighted by atomic mass is 16.3. The average molecular weight is 219 g/mol. The van der Waals surface area contributed by atoms with E-state index in [9.17, 15) is 4.79 Å². The molecular weight excluding hydrogens is 206 g/mol. The summed E-state index contributed by atoms with van der Waals surface area (Å²) in [6, 6.07) is 3.76. The summed E-state index contributed by atoms with van der Waals surface area (Å²) >= 11 is 0. The van der Waals surface area contributed by atoms with Crippen LogP contribution in [0.25, 0.3) is 6.08 Å². The lowest BCUT2D eigenvalue weighted by Crippen LogP contribution is -2.31. The van der Waals surface area contributed by atoms with Crippen LogP contribution in [-0.2, 0) is 4.79 Å². The van der Waals surface area contributed by atoms with Gasteiger partial charge in [0.1, 0.15) is 0 Å². The molecule has 0 fully saturated rings. The van der Waals surface area contributed by atoms with Crippen LogP contribution in [0.15, 0.2) is 23.9 Å². The van der Waals surface area contributed by atoms with Gasteiger partial charge in [-0.25, -0.2) is 0 Å². The number of pyridine rings is 1. The standard InChI is InChI=1S/C11H13N3O2/c15-5-4-13-11(16)8-6-10-9(14-7-8)2-1-3-12-10/h1-3,6,14-15H,4-5,7H2,(H,13,16). The highest BCUT2D eigenvalue weighted by Crippen LogP contribution is 2.20. The Bertz CT molecular complexity index is 429. The predicted molar refractivity (Wildman–Crippen MR) is 60.8 cm³/mol. The van der Waals surface area contributed by atoms with Crippen LogP contribution in [0.4, 0.5) is 5.69 Å². The zero-order valence-corrected chi connectivity index (χ0v) is 8.73. The van der Waals surface area contributed by atoms with Gasteiger partial charge in [-0.2, -0.15) is 0 Å². The maximum Gasteiger partial charge on any atom is 0.249 e. The molecule has 0 atom stereocenters. The highest BCUT2D eigenvalue weighted by Gasteiger charge is 2.15. The van der Waals surface area contributed by atoms with E-state index in [-0.39, 0.29) is 19.1 Å². The molecule has 0 unspecified atom stereocenters. The largest absolute Gasteiger partial charge is 0.395 e. The molecule has 0 aliphatic carbocycles. The Morgan fingerprint density at radius 3 is 3.31 bits per heavy atom. The first-order valence-electron chi connectivity index (χ1n) is 5.10. The van der Waals surface area contributed by atoms with Crippen LogP contribution in [0.2, 0.25) is 0 Å². The second-order valence-electron chi connectivity index (χ2n) is 3.44. The fraction of sp³-hybridized carbons (Fsp3) is 0.273. The number of nitrogens with one attached hydrogen (secondary N) is 2. The highest BCUT2D eigenvalue weighted by molar-refractivity contribution is 6.00. The lowest BCUT2D eigenvalue weighted by atomic mass is 10.1. The number of nitrogens with zero attached hydrogens (tertiary/aromatic N) is 1. The smallest absolute Gasteiger partial charge is 0.249 e. The molecule has 3 N–H and O–H groups in total. The molecule has 2 heterocycles. The van der Waals surface area contributed by atoms with E-state index in [4.69, 9.17) is 5.11 Å². The molecule has 0 saturated heterocycles. The predicted octanol–water partition coefficient (Wildman–Crippen LogP) is -0.00100. The Balaban J connectivity index is 2.14. The Hall–Kier alpha value is -1.88. The van der Waals surface area contributed by atoms with Crippen molar-refractivity contribution in [1.29, 1.82) is 0 Å². The van der Waals surface area contributed by atoms with Crippen LogP contribution >= 0.6 is 0 Å². The summed E-state index contributed by atoms with van der Waals surface area (Å²) in [5.74, 6) is -0.169. The van der Waals surface area contributed by atoms with Crippen LogP contribution in [0, 0.1) is 0 Å². The van der Waals surface area contributed by atoms with Crippen LogP contribution in [0.1, 0.15) is 5.69 Å². The van der Waals surface area contributed by atoms with E-state index in [1.807, 2.05) is 12.1 Å². The van der Waals surface area contributed by atoms with Crippen molar-refractivity contribution in [2.45, 2.75) is 0 Å². The van der Waals surface area contributed by atoms with Crippen molar-refractivity contribution < 1.29 is 9.90 Å². The molecule has 0 saturated carbocycles. The lowest BCUT2D eigenvalue weighted by Gasteiger charge is -2.17. The number of hydrogen-bond donors (Lipinski definition) is 3. The van der Waals surface area contributed by atoms with Crippen molar-refractivity contribution >= 4 is 17.7 Å². The number of fused-ring (bicyclic) bond motifs is 1. The summed E-state index contributed by atoms with van der Waals surface area (Å²) in [4.78, 5) is 15.8. The van der Waals surface area contributed by atoms with Crippen molar-refractivity contribution in [2.24, 2.45) is 0 Å². The third-order valence-electron chi connectivity index (χ3n) is 2.31. The normalized spacial score (nSPS) is 13.4. The number of aromatic nitrogens is 1. The molecule has 1 aliphatic heterocycles. The van der Waals surface area contributed by atoms with Gasteiger partial charge in [0.25, 0.3) is 0 Å². The maximum atomic E-state index is 11.6. The topological polar surface area (TPSA) is 74.2 Å². The summed E-state index contributed by atoms with van der Waals surface area (Å²) in [5.41, 5.74) is 2.32. The van der Waals surface area contributed by atoms with Gasteiger partial charge in [-0.1, -0.05) is 0 Å². The van der Waals surface area contributed by atoms with E-state index < -0.39 is 0 Å². The van der Waals surface area contributed by atoms with Crippen LogP contribution in [0.5, 0.6) is 0 Å². The molecule has 5 nitrogen and oxygen atoms in total. The van der Waals surface area contributed by atoms with Gasteiger partial charge >= 0.3 is 0 Å². The van der Waals surface area contributed by atoms with E-state index in [2.05, 4.69) is 15.6 Å².